The van der Waals surface area contributed by atoms with Gasteiger partial charge in [-0.15, -0.1) is 24.0 Å². The van der Waals surface area contributed by atoms with Crippen LogP contribution in [0.25, 0.3) is 0 Å². The fraction of sp³-hybridized carbons (Fsp3) is 0.941. The van der Waals surface area contributed by atoms with Crippen molar-refractivity contribution in [2.24, 2.45) is 10.4 Å². The van der Waals surface area contributed by atoms with E-state index in [4.69, 9.17) is 14.5 Å². The molecule has 138 valence electrons. The molecule has 0 spiro atoms. The van der Waals surface area contributed by atoms with E-state index in [2.05, 4.69) is 24.5 Å². The standard InChI is InChI=1S/C17H35N3O2.HI/c1-4-17(9-6-7-10-17)15-20-16(18-5-2)19-11-8-12-22-14-13-21-3;/h4-15H2,1-3H3,(H2,18,19,20);1H. The Hall–Kier alpha value is -0.0800. The molecular weight excluding hydrogens is 405 g/mol. The molecule has 6 heteroatoms. The summed E-state index contributed by atoms with van der Waals surface area (Å²) >= 11 is 0. The van der Waals surface area contributed by atoms with Gasteiger partial charge in [0, 0.05) is 33.4 Å². The fourth-order valence-electron chi connectivity index (χ4n) is 2.96. The maximum Gasteiger partial charge on any atom is 0.191 e. The first-order chi connectivity index (χ1) is 10.8. The molecule has 1 saturated carbocycles. The number of nitrogens with zero attached hydrogens (tertiary/aromatic N) is 1. The highest BCUT2D eigenvalue weighted by Crippen LogP contribution is 2.41. The maximum atomic E-state index is 5.47. The van der Waals surface area contributed by atoms with Gasteiger partial charge < -0.3 is 20.1 Å². The minimum absolute atomic E-state index is 0. The van der Waals surface area contributed by atoms with Gasteiger partial charge in [0.2, 0.25) is 0 Å². The Labute approximate surface area is 159 Å². The smallest absolute Gasteiger partial charge is 0.191 e. The van der Waals surface area contributed by atoms with Crippen LogP contribution in [0.4, 0.5) is 0 Å². The topological polar surface area (TPSA) is 54.9 Å². The number of hydrogen-bond donors (Lipinski definition) is 2. The summed E-state index contributed by atoms with van der Waals surface area (Å²) in [4.78, 5) is 4.82. The lowest BCUT2D eigenvalue weighted by Gasteiger charge is -2.25. The first-order valence-electron chi connectivity index (χ1n) is 8.85. The predicted octanol–water partition coefficient (Wildman–Crippen LogP) is 3.18. The van der Waals surface area contributed by atoms with Crippen LogP contribution in [0, 0.1) is 5.41 Å². The SMILES string of the molecule is CCNC(=NCC1(CC)CCCC1)NCCCOCCOC.I. The number of hydrogen-bond acceptors (Lipinski definition) is 3. The van der Waals surface area contributed by atoms with Gasteiger partial charge in [0.15, 0.2) is 5.96 Å². The van der Waals surface area contributed by atoms with Gasteiger partial charge in [-0.3, -0.25) is 4.99 Å². The lowest BCUT2D eigenvalue weighted by atomic mass is 9.84. The minimum Gasteiger partial charge on any atom is -0.382 e. The molecule has 0 aromatic heterocycles. The third-order valence-corrected chi connectivity index (χ3v) is 4.52. The zero-order valence-corrected chi connectivity index (χ0v) is 17.5. The molecule has 0 atom stereocenters. The summed E-state index contributed by atoms with van der Waals surface area (Å²) in [6, 6.07) is 0. The second-order valence-corrected chi connectivity index (χ2v) is 6.14. The van der Waals surface area contributed by atoms with Crippen LogP contribution in [0.1, 0.15) is 52.4 Å². The summed E-state index contributed by atoms with van der Waals surface area (Å²) < 4.78 is 10.4. The molecule has 0 aromatic rings. The molecule has 0 bridgehead atoms. The number of halogens is 1. The van der Waals surface area contributed by atoms with E-state index in [9.17, 15) is 0 Å². The van der Waals surface area contributed by atoms with E-state index in [0.29, 0.717) is 18.6 Å². The molecule has 0 radical (unpaired) electrons. The average molecular weight is 441 g/mol. The molecule has 0 heterocycles. The second kappa shape index (κ2) is 14.3. The molecular formula is C17H36IN3O2. The summed E-state index contributed by atoms with van der Waals surface area (Å²) in [5.41, 5.74) is 0.450. The molecule has 0 amide bonds. The Morgan fingerprint density at radius 3 is 2.43 bits per heavy atom. The number of nitrogens with one attached hydrogen (secondary N) is 2. The van der Waals surface area contributed by atoms with Gasteiger partial charge in [-0.25, -0.2) is 0 Å². The van der Waals surface area contributed by atoms with E-state index < -0.39 is 0 Å². The Kier molecular flexibility index (Phi) is 14.2. The zero-order chi connectivity index (χ0) is 16.1. The minimum atomic E-state index is 0. The number of methoxy groups -OCH3 is 1. The van der Waals surface area contributed by atoms with Crippen molar-refractivity contribution < 1.29 is 9.47 Å². The number of rotatable bonds is 11. The summed E-state index contributed by atoms with van der Waals surface area (Å²) in [5, 5.41) is 6.74. The van der Waals surface area contributed by atoms with Crippen LogP contribution in [0.15, 0.2) is 4.99 Å². The molecule has 1 fully saturated rings. The van der Waals surface area contributed by atoms with Gasteiger partial charge in [-0.2, -0.15) is 0 Å². The van der Waals surface area contributed by atoms with Crippen molar-refractivity contribution in [3.63, 3.8) is 0 Å². The highest BCUT2D eigenvalue weighted by atomic mass is 127. The fourth-order valence-corrected chi connectivity index (χ4v) is 2.96. The molecule has 2 N–H and O–H groups in total. The summed E-state index contributed by atoms with van der Waals surface area (Å²) in [6.45, 7) is 9.24. The van der Waals surface area contributed by atoms with Crippen LogP contribution in [0.5, 0.6) is 0 Å². The van der Waals surface area contributed by atoms with Gasteiger partial charge in [0.25, 0.3) is 0 Å². The van der Waals surface area contributed by atoms with Crippen molar-refractivity contribution in [3.05, 3.63) is 0 Å². The molecule has 5 nitrogen and oxygen atoms in total. The molecule has 23 heavy (non-hydrogen) atoms. The zero-order valence-electron chi connectivity index (χ0n) is 15.2. The van der Waals surface area contributed by atoms with Crippen molar-refractivity contribution in [3.8, 4) is 0 Å². The molecule has 1 aliphatic carbocycles. The van der Waals surface area contributed by atoms with E-state index in [1.54, 1.807) is 7.11 Å². The van der Waals surface area contributed by atoms with Crippen molar-refractivity contribution in [1.29, 1.82) is 0 Å². The first kappa shape index (κ1) is 22.9. The number of aliphatic imine (C=N–C) groups is 1. The highest BCUT2D eigenvalue weighted by Gasteiger charge is 2.31. The van der Waals surface area contributed by atoms with Gasteiger partial charge in [-0.1, -0.05) is 19.8 Å². The van der Waals surface area contributed by atoms with Gasteiger partial charge in [0.05, 0.1) is 13.2 Å². The van der Waals surface area contributed by atoms with Gasteiger partial charge in [-0.05, 0) is 38.0 Å². The van der Waals surface area contributed by atoms with E-state index >= 15 is 0 Å². The molecule has 0 aliphatic heterocycles. The summed E-state index contributed by atoms with van der Waals surface area (Å²) in [6.07, 6.45) is 7.62. The second-order valence-electron chi connectivity index (χ2n) is 6.14. The van der Waals surface area contributed by atoms with Gasteiger partial charge >= 0.3 is 0 Å². The van der Waals surface area contributed by atoms with E-state index in [0.717, 1.165) is 38.6 Å². The van der Waals surface area contributed by atoms with E-state index in [1.807, 2.05) is 0 Å². The third kappa shape index (κ3) is 9.72. The van der Waals surface area contributed by atoms with Crippen LogP contribution in [-0.4, -0.2) is 52.5 Å². The highest BCUT2D eigenvalue weighted by molar-refractivity contribution is 14.0. The van der Waals surface area contributed by atoms with Crippen molar-refractivity contribution in [2.75, 3.05) is 46.6 Å². The Bertz CT molecular complexity index is 308. The van der Waals surface area contributed by atoms with Crippen LogP contribution in [-0.2, 0) is 9.47 Å². The lowest BCUT2D eigenvalue weighted by Crippen LogP contribution is -2.39. The normalized spacial score (nSPS) is 16.9. The monoisotopic (exact) mass is 441 g/mol. The molecule has 0 saturated heterocycles. The van der Waals surface area contributed by atoms with Crippen LogP contribution in [0.2, 0.25) is 0 Å². The quantitative estimate of drug-likeness (QED) is 0.224. The maximum absolute atomic E-state index is 5.47. The lowest BCUT2D eigenvalue weighted by molar-refractivity contribution is 0.0698. The van der Waals surface area contributed by atoms with Gasteiger partial charge in [0.1, 0.15) is 0 Å². The van der Waals surface area contributed by atoms with Crippen molar-refractivity contribution in [2.45, 2.75) is 52.4 Å². The Morgan fingerprint density at radius 2 is 1.83 bits per heavy atom. The molecule has 0 aromatic carbocycles. The third-order valence-electron chi connectivity index (χ3n) is 4.52. The van der Waals surface area contributed by atoms with E-state index in [-0.39, 0.29) is 24.0 Å². The molecule has 0 unspecified atom stereocenters. The number of guanidine groups is 1. The Morgan fingerprint density at radius 1 is 1.09 bits per heavy atom. The van der Waals surface area contributed by atoms with Crippen LogP contribution >= 0.6 is 24.0 Å². The first-order valence-corrected chi connectivity index (χ1v) is 8.85. The molecule has 1 rings (SSSR count). The van der Waals surface area contributed by atoms with Crippen LogP contribution in [0.3, 0.4) is 0 Å². The van der Waals surface area contributed by atoms with Crippen molar-refractivity contribution in [1.82, 2.24) is 10.6 Å². The number of ether oxygens (including phenoxy) is 2. The Balaban J connectivity index is 0.00000484. The predicted molar refractivity (Wildman–Crippen MR) is 108 cm³/mol. The van der Waals surface area contributed by atoms with E-state index in [1.165, 1.54) is 32.1 Å². The average Bonchev–Trinajstić information content (AvgIpc) is 3.01. The summed E-state index contributed by atoms with van der Waals surface area (Å²) in [7, 11) is 1.69. The molecule has 1 aliphatic rings. The largest absolute Gasteiger partial charge is 0.382 e. The summed E-state index contributed by atoms with van der Waals surface area (Å²) in [5.74, 6) is 0.944. The van der Waals surface area contributed by atoms with Crippen LogP contribution < -0.4 is 10.6 Å². The van der Waals surface area contributed by atoms with Crippen molar-refractivity contribution >= 4 is 29.9 Å².